The van der Waals surface area contributed by atoms with Gasteiger partial charge in [-0.3, -0.25) is 38.4 Å². The molecule has 2 aromatic heterocycles. The third-order valence-electron chi connectivity index (χ3n) is 11.4. The van der Waals surface area contributed by atoms with Crippen LogP contribution < -0.4 is 21.2 Å². The van der Waals surface area contributed by atoms with E-state index in [9.17, 15) is 37.5 Å². The molecule has 0 radical (unpaired) electrons. The maximum atomic E-state index is 14.1. The van der Waals surface area contributed by atoms with E-state index in [-0.39, 0.29) is 36.5 Å². The van der Waals surface area contributed by atoms with Crippen molar-refractivity contribution in [2.24, 2.45) is 13.0 Å². The first kappa shape index (κ1) is 36.3. The number of piperazine rings is 1. The lowest BCUT2D eigenvalue weighted by Gasteiger charge is -2.36. The Morgan fingerprint density at radius 1 is 0.927 bits per heavy atom. The van der Waals surface area contributed by atoms with Crippen molar-refractivity contribution < 1.29 is 32.7 Å². The standard InChI is InChI=1S/C39H41F3N8O5/c1-46-32-16-23(4-9-30(32)50(39(46)55)31-10-11-33(51)44-38(31)54)20-47-12-14-48(15-13-47)26-8-5-24-21-49(45-29(24)17-26)25-6-2-22(3-7-25)19-43-37(53)27-18-28(40)36(52)35(42)34(27)41/h4-5,8-9,16-18,21-22,25,31,52H,2-3,6-7,10-15,19-20H2,1H3,(H,43,53)(H,44,51,54)/t22-,25-,31?. The van der Waals surface area contributed by atoms with Gasteiger partial charge in [-0.2, -0.15) is 9.49 Å². The fraction of sp³-hybridized carbons (Fsp3) is 0.410. The van der Waals surface area contributed by atoms with E-state index < -0.39 is 46.6 Å². The number of aromatic nitrogens is 4. The molecule has 3 aromatic carbocycles. The summed E-state index contributed by atoms with van der Waals surface area (Å²) in [5.41, 5.74) is 3.44. The van der Waals surface area contributed by atoms with Crippen LogP contribution in [0.4, 0.5) is 18.9 Å². The summed E-state index contributed by atoms with van der Waals surface area (Å²) >= 11 is 0. The van der Waals surface area contributed by atoms with Gasteiger partial charge in [0.05, 0.1) is 28.2 Å². The van der Waals surface area contributed by atoms with Gasteiger partial charge < -0.3 is 15.3 Å². The molecule has 2 saturated heterocycles. The molecule has 5 aromatic rings. The molecule has 1 atom stereocenters. The van der Waals surface area contributed by atoms with Gasteiger partial charge in [0.2, 0.25) is 17.6 Å². The average molecular weight is 759 g/mol. The predicted octanol–water partition coefficient (Wildman–Crippen LogP) is 4.27. The summed E-state index contributed by atoms with van der Waals surface area (Å²) in [7, 11) is 1.70. The van der Waals surface area contributed by atoms with Gasteiger partial charge >= 0.3 is 5.69 Å². The molecule has 55 heavy (non-hydrogen) atoms. The van der Waals surface area contributed by atoms with Crippen molar-refractivity contribution >= 4 is 45.3 Å². The number of halogens is 3. The Balaban J connectivity index is 0.846. The molecule has 8 rings (SSSR count). The molecule has 3 aliphatic rings. The third kappa shape index (κ3) is 6.94. The number of hydrogen-bond donors (Lipinski definition) is 3. The number of nitrogens with one attached hydrogen (secondary N) is 2. The monoisotopic (exact) mass is 758 g/mol. The quantitative estimate of drug-likeness (QED) is 0.157. The first-order valence-electron chi connectivity index (χ1n) is 18.6. The second kappa shape index (κ2) is 14.5. The Morgan fingerprint density at radius 3 is 2.44 bits per heavy atom. The number of aryl methyl sites for hydroxylation is 1. The highest BCUT2D eigenvalue weighted by atomic mass is 19.2. The zero-order valence-corrected chi connectivity index (χ0v) is 30.2. The van der Waals surface area contributed by atoms with Crippen molar-refractivity contribution in [3.63, 3.8) is 0 Å². The van der Waals surface area contributed by atoms with Gasteiger partial charge in [-0.25, -0.2) is 13.6 Å². The average Bonchev–Trinajstić information content (AvgIpc) is 3.72. The smallest absolute Gasteiger partial charge is 0.329 e. The maximum Gasteiger partial charge on any atom is 0.329 e. The lowest BCUT2D eigenvalue weighted by molar-refractivity contribution is -0.135. The van der Waals surface area contributed by atoms with Crippen LogP contribution in [0.15, 0.2) is 53.5 Å². The summed E-state index contributed by atoms with van der Waals surface area (Å²) in [4.78, 5) is 54.6. The van der Waals surface area contributed by atoms with Crippen LogP contribution in [0.3, 0.4) is 0 Å². The Hall–Kier alpha value is -5.64. The zero-order valence-electron chi connectivity index (χ0n) is 30.2. The fourth-order valence-corrected chi connectivity index (χ4v) is 8.26. The van der Waals surface area contributed by atoms with Gasteiger partial charge in [0.15, 0.2) is 17.4 Å². The molecular weight excluding hydrogens is 717 g/mol. The minimum atomic E-state index is -1.78. The van der Waals surface area contributed by atoms with Crippen molar-refractivity contribution in [2.45, 2.75) is 57.2 Å². The number of imidazole rings is 1. The van der Waals surface area contributed by atoms with E-state index in [0.717, 1.165) is 86.1 Å². The summed E-state index contributed by atoms with van der Waals surface area (Å²) < 4.78 is 46.6. The Kier molecular flexibility index (Phi) is 9.61. The summed E-state index contributed by atoms with van der Waals surface area (Å²) in [6, 6.07) is 12.2. The first-order valence-corrected chi connectivity index (χ1v) is 18.6. The number of carbonyl (C=O) groups is 3. The number of carbonyl (C=O) groups excluding carboxylic acids is 3. The molecular formula is C39H41F3N8O5. The van der Waals surface area contributed by atoms with Gasteiger partial charge in [0, 0.05) is 70.0 Å². The molecule has 3 amide bonds. The van der Waals surface area contributed by atoms with E-state index in [4.69, 9.17) is 5.10 Å². The highest BCUT2D eigenvalue weighted by Gasteiger charge is 2.32. The number of anilines is 1. The van der Waals surface area contributed by atoms with E-state index in [2.05, 4.69) is 44.8 Å². The minimum Gasteiger partial charge on any atom is -0.503 e. The van der Waals surface area contributed by atoms with Gasteiger partial charge in [-0.05, 0) is 80.0 Å². The molecule has 3 fully saturated rings. The van der Waals surface area contributed by atoms with E-state index >= 15 is 0 Å². The van der Waals surface area contributed by atoms with E-state index in [0.29, 0.717) is 18.0 Å². The van der Waals surface area contributed by atoms with E-state index in [1.165, 1.54) is 4.57 Å². The molecule has 0 bridgehead atoms. The first-order chi connectivity index (χ1) is 26.4. The Morgan fingerprint density at radius 2 is 1.69 bits per heavy atom. The van der Waals surface area contributed by atoms with Crippen molar-refractivity contribution in [2.75, 3.05) is 37.6 Å². The highest BCUT2D eigenvalue weighted by molar-refractivity contribution is 6.00. The number of rotatable bonds is 8. The number of benzene rings is 3. The lowest BCUT2D eigenvalue weighted by Crippen LogP contribution is -2.45. The zero-order chi connectivity index (χ0) is 38.5. The summed E-state index contributed by atoms with van der Waals surface area (Å²) in [6.45, 7) is 4.33. The normalized spacial score (nSPS) is 21.0. The van der Waals surface area contributed by atoms with Crippen molar-refractivity contribution in [1.29, 1.82) is 0 Å². The Labute approximate surface area is 313 Å². The molecule has 1 saturated carbocycles. The summed E-state index contributed by atoms with van der Waals surface area (Å²) in [5.74, 6) is -7.79. The molecule has 13 nitrogen and oxygen atoms in total. The number of piperidine rings is 1. The van der Waals surface area contributed by atoms with Gasteiger partial charge in [0.1, 0.15) is 6.04 Å². The number of phenolic OH excluding ortho intramolecular Hbond substituents is 1. The number of amides is 3. The fourth-order valence-electron chi connectivity index (χ4n) is 8.26. The van der Waals surface area contributed by atoms with Crippen LogP contribution in [-0.4, -0.2) is 79.4 Å². The largest absolute Gasteiger partial charge is 0.503 e. The molecule has 2 aliphatic heterocycles. The molecule has 16 heteroatoms. The summed E-state index contributed by atoms with van der Waals surface area (Å²) in [5, 5.41) is 20.1. The van der Waals surface area contributed by atoms with Gasteiger partial charge in [-0.1, -0.05) is 6.07 Å². The van der Waals surface area contributed by atoms with Crippen LogP contribution in [0.5, 0.6) is 5.75 Å². The van der Waals surface area contributed by atoms with Crippen molar-refractivity contribution in [1.82, 2.24) is 34.4 Å². The molecule has 4 heterocycles. The highest BCUT2D eigenvalue weighted by Crippen LogP contribution is 2.34. The molecule has 1 aliphatic carbocycles. The number of imide groups is 1. The molecule has 1 unspecified atom stereocenters. The van der Waals surface area contributed by atoms with Crippen molar-refractivity contribution in [3.05, 3.63) is 87.7 Å². The third-order valence-corrected chi connectivity index (χ3v) is 11.4. The predicted molar refractivity (Wildman–Crippen MR) is 197 cm³/mol. The SMILES string of the molecule is Cn1c(=O)n(C2CCC(=O)NC2=O)c2ccc(CN3CCN(c4ccc5cn([C@H]6CC[C@H](CNC(=O)c7cc(F)c(O)c(F)c7F)CC6)nc5c4)CC3)cc21. The maximum absolute atomic E-state index is 14.1. The second-order valence-corrected chi connectivity index (χ2v) is 14.9. The van der Waals surface area contributed by atoms with Crippen molar-refractivity contribution in [3.8, 4) is 5.75 Å². The van der Waals surface area contributed by atoms with Crippen LogP contribution in [0, 0.1) is 23.4 Å². The van der Waals surface area contributed by atoms with E-state index in [1.807, 2.05) is 22.9 Å². The van der Waals surface area contributed by atoms with Crippen LogP contribution >= 0.6 is 0 Å². The number of hydrogen-bond acceptors (Lipinski definition) is 8. The summed E-state index contributed by atoms with van der Waals surface area (Å²) in [6.07, 6.45) is 5.79. The lowest BCUT2D eigenvalue weighted by atomic mass is 9.86. The number of nitrogens with zero attached hydrogens (tertiary/aromatic N) is 6. The van der Waals surface area contributed by atoms with E-state index in [1.54, 1.807) is 11.6 Å². The van der Waals surface area contributed by atoms with Gasteiger partial charge in [-0.15, -0.1) is 0 Å². The minimum absolute atomic E-state index is 0.119. The molecule has 0 spiro atoms. The molecule has 3 N–H and O–H groups in total. The number of fused-ring (bicyclic) bond motifs is 2. The van der Waals surface area contributed by atoms with Crippen LogP contribution in [-0.2, 0) is 23.2 Å². The Bertz CT molecular complexity index is 2390. The van der Waals surface area contributed by atoms with Gasteiger partial charge in [0.25, 0.3) is 5.91 Å². The van der Waals surface area contributed by atoms with Crippen LogP contribution in [0.25, 0.3) is 21.9 Å². The number of phenols is 1. The second-order valence-electron chi connectivity index (χ2n) is 14.9. The molecule has 288 valence electrons. The van der Waals surface area contributed by atoms with Crippen LogP contribution in [0.2, 0.25) is 0 Å². The number of aromatic hydroxyl groups is 1. The topological polar surface area (TPSA) is 147 Å². The van der Waals surface area contributed by atoms with Crippen LogP contribution in [0.1, 0.15) is 66.5 Å².